The van der Waals surface area contributed by atoms with Crippen molar-refractivity contribution in [1.29, 1.82) is 0 Å². The Balaban J connectivity index is 0.770. The standard InChI is InChI=1S/C51H62N10O7/c1-3-61-42-7-5-4-6-40(42)41-30-36(12-17-43(41)61)50-52-45(34-8-13-38(14-9-34)58-22-18-56(2)19-23-58)46(53-50)35-10-15-39(16-11-35)59-24-20-57(21-25-59)31-37-32-60(55-54-37)26-27-66-28-29-67-51-49(65)48(64)47(63)44(33-62)68-51/h4-17,30,32,44,47-49,51,62-65H,3,18-29,31,33H2,1-2H3,(H,52,53)/t44-,47-,48+,49-,51-/m1/s1. The van der Waals surface area contributed by atoms with E-state index in [1.165, 1.54) is 33.2 Å². The van der Waals surface area contributed by atoms with Crippen molar-refractivity contribution < 1.29 is 34.6 Å². The van der Waals surface area contributed by atoms with Crippen molar-refractivity contribution in [3.05, 3.63) is 103 Å². The monoisotopic (exact) mass is 926 g/mol. The lowest BCUT2D eigenvalue weighted by molar-refractivity contribution is -0.302. The van der Waals surface area contributed by atoms with Gasteiger partial charge in [-0.05, 0) is 62.5 Å². The van der Waals surface area contributed by atoms with Gasteiger partial charge in [-0.15, -0.1) is 5.10 Å². The minimum absolute atomic E-state index is 0.0882. The maximum absolute atomic E-state index is 10.1. The van der Waals surface area contributed by atoms with Crippen molar-refractivity contribution in [1.82, 2.24) is 39.3 Å². The number of aromatic nitrogens is 6. The van der Waals surface area contributed by atoms with Gasteiger partial charge in [-0.1, -0.05) is 47.7 Å². The molecule has 0 bridgehead atoms. The molecule has 7 aromatic rings. The molecule has 3 saturated heterocycles. The second kappa shape index (κ2) is 20.5. The van der Waals surface area contributed by atoms with E-state index in [9.17, 15) is 20.4 Å². The lowest BCUT2D eigenvalue weighted by Crippen LogP contribution is -2.59. The van der Waals surface area contributed by atoms with Gasteiger partial charge in [0, 0.05) is 122 Å². The van der Waals surface area contributed by atoms with E-state index in [1.807, 2.05) is 6.20 Å². The van der Waals surface area contributed by atoms with Gasteiger partial charge >= 0.3 is 0 Å². The van der Waals surface area contributed by atoms with Crippen LogP contribution in [-0.2, 0) is 33.8 Å². The van der Waals surface area contributed by atoms with Gasteiger partial charge in [-0.3, -0.25) is 4.90 Å². The molecule has 6 heterocycles. The molecule has 3 aliphatic rings. The zero-order valence-electron chi connectivity index (χ0n) is 38.8. The second-order valence-corrected chi connectivity index (χ2v) is 18.1. The van der Waals surface area contributed by atoms with Crippen molar-refractivity contribution in [2.45, 2.75) is 57.3 Å². The van der Waals surface area contributed by atoms with Crippen molar-refractivity contribution >= 4 is 33.2 Å². The van der Waals surface area contributed by atoms with E-state index in [4.69, 9.17) is 19.2 Å². The van der Waals surface area contributed by atoms with Crippen LogP contribution in [0.25, 0.3) is 55.7 Å². The SMILES string of the molecule is CCn1c2ccccc2c2cc(-c3nc(-c4ccc(N5CCN(Cc6cn(CCOCCO[C@@H]7O[C@H](CO)[C@@H](O)[C@H](O)[C@H]7O)nn6)CC5)cc4)c(-c4ccc(N5CCN(C)CC5)cc4)[nH]3)ccc21. The highest BCUT2D eigenvalue weighted by Crippen LogP contribution is 2.37. The van der Waals surface area contributed by atoms with Crippen LogP contribution in [0, 0.1) is 0 Å². The van der Waals surface area contributed by atoms with Crippen LogP contribution in [0.2, 0.25) is 0 Å². The van der Waals surface area contributed by atoms with E-state index in [2.05, 4.69) is 144 Å². The number of aromatic amines is 1. The number of likely N-dealkylation sites (N-methyl/N-ethyl adjacent to an activating group) is 1. The van der Waals surface area contributed by atoms with Crippen LogP contribution in [0.1, 0.15) is 12.6 Å². The number of aryl methyl sites for hydroxylation is 1. The fourth-order valence-corrected chi connectivity index (χ4v) is 9.81. The summed E-state index contributed by atoms with van der Waals surface area (Å²) in [5.74, 6) is 0.847. The number of anilines is 2. The Morgan fingerprint density at radius 1 is 0.721 bits per heavy atom. The number of para-hydroxylation sites is 1. The zero-order valence-corrected chi connectivity index (χ0v) is 38.8. The predicted octanol–water partition coefficient (Wildman–Crippen LogP) is 4.04. The number of benzene rings is 4. The minimum Gasteiger partial charge on any atom is -0.394 e. The van der Waals surface area contributed by atoms with Gasteiger partial charge in [0.15, 0.2) is 6.29 Å². The molecule has 5 N–H and O–H groups in total. The van der Waals surface area contributed by atoms with Crippen molar-refractivity contribution in [2.24, 2.45) is 0 Å². The third kappa shape index (κ3) is 9.63. The first-order valence-electron chi connectivity index (χ1n) is 23.9. The molecule has 0 aliphatic carbocycles. The number of rotatable bonds is 16. The van der Waals surface area contributed by atoms with E-state index in [0.717, 1.165) is 98.5 Å². The van der Waals surface area contributed by atoms with Gasteiger partial charge in [-0.2, -0.15) is 0 Å². The Morgan fingerprint density at radius 3 is 2.12 bits per heavy atom. The lowest BCUT2D eigenvalue weighted by atomic mass is 9.99. The van der Waals surface area contributed by atoms with Gasteiger partial charge in [-0.25, -0.2) is 9.67 Å². The Morgan fingerprint density at radius 2 is 1.40 bits per heavy atom. The fraction of sp³-hybridized carbons (Fsp3) is 0.431. The van der Waals surface area contributed by atoms with Crippen LogP contribution >= 0.6 is 0 Å². The molecule has 5 atom stereocenters. The minimum atomic E-state index is -1.48. The summed E-state index contributed by atoms with van der Waals surface area (Å²) in [6, 6.07) is 33.2. The van der Waals surface area contributed by atoms with Crippen molar-refractivity contribution in [3.63, 3.8) is 0 Å². The number of nitrogens with zero attached hydrogens (tertiary/aromatic N) is 9. The molecule has 4 aromatic carbocycles. The molecule has 17 nitrogen and oxygen atoms in total. The average Bonchev–Trinajstić information content (AvgIpc) is 4.11. The molecule has 0 saturated carbocycles. The van der Waals surface area contributed by atoms with E-state index in [1.54, 1.807) is 4.68 Å². The summed E-state index contributed by atoms with van der Waals surface area (Å²) in [6.45, 7) is 12.2. The largest absolute Gasteiger partial charge is 0.394 e. The Labute approximate surface area is 395 Å². The highest BCUT2D eigenvalue weighted by Gasteiger charge is 2.44. The average molecular weight is 927 g/mol. The number of piperazine rings is 2. The van der Waals surface area contributed by atoms with E-state index < -0.39 is 37.3 Å². The molecule has 0 spiro atoms. The molecule has 3 fully saturated rings. The molecule has 10 rings (SSSR count). The molecule has 17 heteroatoms. The van der Waals surface area contributed by atoms with Gasteiger partial charge in [0.25, 0.3) is 0 Å². The molecule has 3 aliphatic heterocycles. The van der Waals surface area contributed by atoms with Crippen LogP contribution < -0.4 is 9.80 Å². The van der Waals surface area contributed by atoms with Crippen LogP contribution in [0.5, 0.6) is 0 Å². The first-order chi connectivity index (χ1) is 33.2. The van der Waals surface area contributed by atoms with E-state index in [0.29, 0.717) is 19.7 Å². The number of hydrogen-bond acceptors (Lipinski definition) is 14. The van der Waals surface area contributed by atoms with Crippen LogP contribution in [0.4, 0.5) is 11.4 Å². The van der Waals surface area contributed by atoms with Gasteiger partial charge in [0.1, 0.15) is 30.2 Å². The van der Waals surface area contributed by atoms with Crippen molar-refractivity contribution in [2.75, 3.05) is 95.6 Å². The Bertz CT molecular complexity index is 2760. The summed E-state index contributed by atoms with van der Waals surface area (Å²) in [5, 5.41) is 50.6. The Hall–Kier alpha value is -5.73. The molecule has 68 heavy (non-hydrogen) atoms. The molecular formula is C51H62N10O7. The molecule has 0 unspecified atom stereocenters. The summed E-state index contributed by atoms with van der Waals surface area (Å²) in [5.41, 5.74) is 11.0. The van der Waals surface area contributed by atoms with Crippen LogP contribution in [0.3, 0.4) is 0 Å². The highest BCUT2D eigenvalue weighted by molar-refractivity contribution is 6.09. The van der Waals surface area contributed by atoms with Crippen molar-refractivity contribution in [3.8, 4) is 33.9 Å². The third-order valence-corrected chi connectivity index (χ3v) is 13.8. The molecule has 0 radical (unpaired) electrons. The summed E-state index contributed by atoms with van der Waals surface area (Å²) in [4.78, 5) is 18.8. The number of fused-ring (bicyclic) bond motifs is 3. The number of aliphatic hydroxyl groups excluding tert-OH is 4. The number of nitrogens with one attached hydrogen (secondary N) is 1. The normalized spacial score (nSPS) is 21.9. The number of ether oxygens (including phenoxy) is 3. The maximum Gasteiger partial charge on any atom is 0.186 e. The van der Waals surface area contributed by atoms with Gasteiger partial charge in [0.2, 0.25) is 0 Å². The maximum atomic E-state index is 10.1. The first-order valence-corrected chi connectivity index (χ1v) is 23.9. The molecule has 358 valence electrons. The summed E-state index contributed by atoms with van der Waals surface area (Å²) < 4.78 is 20.7. The van der Waals surface area contributed by atoms with Crippen LogP contribution in [0.15, 0.2) is 97.2 Å². The van der Waals surface area contributed by atoms with E-state index in [-0.39, 0.29) is 13.2 Å². The molecular weight excluding hydrogens is 865 g/mol. The number of aliphatic hydroxyl groups is 4. The molecule has 0 amide bonds. The third-order valence-electron chi connectivity index (χ3n) is 13.8. The smallest absolute Gasteiger partial charge is 0.186 e. The van der Waals surface area contributed by atoms with Gasteiger partial charge < -0.3 is 58.9 Å². The summed E-state index contributed by atoms with van der Waals surface area (Å²) >= 11 is 0. The number of imidazole rings is 1. The number of H-pyrrole nitrogens is 1. The topological polar surface area (TPSA) is 186 Å². The summed E-state index contributed by atoms with van der Waals surface area (Å²) in [6.07, 6.45) is -4.60. The predicted molar refractivity (Wildman–Crippen MR) is 261 cm³/mol. The Kier molecular flexibility index (Phi) is 13.9. The number of hydrogen-bond donors (Lipinski definition) is 5. The zero-order chi connectivity index (χ0) is 46.7. The highest BCUT2D eigenvalue weighted by atomic mass is 16.7. The lowest BCUT2D eigenvalue weighted by Gasteiger charge is -2.39. The first kappa shape index (κ1) is 46.0. The van der Waals surface area contributed by atoms with E-state index >= 15 is 0 Å². The quantitative estimate of drug-likeness (QED) is 0.0876. The summed E-state index contributed by atoms with van der Waals surface area (Å²) in [7, 11) is 2.19. The van der Waals surface area contributed by atoms with Crippen LogP contribution in [-0.4, -0.2) is 176 Å². The molecule has 3 aromatic heterocycles. The van der Waals surface area contributed by atoms with Gasteiger partial charge in [0.05, 0.1) is 50.1 Å². The second-order valence-electron chi connectivity index (χ2n) is 18.1. The fourth-order valence-electron chi connectivity index (χ4n) is 9.81.